The first-order valence-corrected chi connectivity index (χ1v) is 26.4. The number of nitrogens with zero attached hydrogens (tertiary/aromatic N) is 12. The van der Waals surface area contributed by atoms with Crippen LogP contribution < -0.4 is 4.57 Å². The molecule has 0 unspecified atom stereocenters. The molecule has 0 fully saturated rings. The molecule has 2 radical (unpaired) electrons. The molecule has 6 aromatic carbocycles. The van der Waals surface area contributed by atoms with Gasteiger partial charge in [0.25, 0.3) is 5.82 Å². The fourth-order valence-corrected chi connectivity index (χ4v) is 10.4. The summed E-state index contributed by atoms with van der Waals surface area (Å²) in [5.74, 6) is 5.22. The molecule has 12 aromatic rings. The summed E-state index contributed by atoms with van der Waals surface area (Å²) in [4.78, 5) is 14.0. The Kier molecular flexibility index (Phi) is 17.6. The van der Waals surface area contributed by atoms with E-state index in [9.17, 15) is 0 Å². The third-order valence-corrected chi connectivity index (χ3v) is 14.1. The normalized spacial score (nSPS) is 11.0. The van der Waals surface area contributed by atoms with Gasteiger partial charge >= 0.3 is 5.82 Å². The van der Waals surface area contributed by atoms with E-state index >= 15 is 0 Å². The molecule has 406 valence electrons. The summed E-state index contributed by atoms with van der Waals surface area (Å²) in [5, 5.41) is 23.0. The van der Waals surface area contributed by atoms with Crippen molar-refractivity contribution in [1.29, 1.82) is 0 Å². The summed E-state index contributed by atoms with van der Waals surface area (Å²) in [6.07, 6.45) is 0. The second-order valence-corrected chi connectivity index (χ2v) is 19.8. The smallest absolute Gasteiger partial charge is 0.314 e. The van der Waals surface area contributed by atoms with Crippen LogP contribution in [-0.4, -0.2) is 54.3 Å². The number of hydrogen-bond acceptors (Lipinski definition) is 8. The standard InChI is InChI=1S/C24H23N4.C22H19N4.C21H17N4.2Ir/c1-15-9-5-7-11-20(15)23-26-27-14-19-10-6-8-12-21(19)24(27)28(23)22-16(2)13-17(3)25-18(22)4;1-15-9-7-8-12-19(15)22-25-24-21(18-10-5-4-6-11-18)26(22)20-14-13-16(2)23-17(20)3;1-15-13-14-19(16(2)22-15)25-20(17-9-5-3-6-10-17)23-24-21(25)18-11-7-4-8-12-18;;/h5-13H,14H2,1-4H3;4-10,12-14H,1-3H3;3-11,13-14H,1-2H3;;/q+1;2*-1;;. The third kappa shape index (κ3) is 11.6. The van der Waals surface area contributed by atoms with E-state index in [0.29, 0.717) is 0 Å². The second-order valence-electron chi connectivity index (χ2n) is 19.8. The maximum Gasteiger partial charge on any atom is 0.314 e. The van der Waals surface area contributed by atoms with E-state index in [1.54, 1.807) is 0 Å². The van der Waals surface area contributed by atoms with Gasteiger partial charge in [-0.05, 0) is 121 Å². The van der Waals surface area contributed by atoms with Crippen molar-refractivity contribution in [1.82, 2.24) is 54.3 Å². The van der Waals surface area contributed by atoms with Gasteiger partial charge in [0.05, 0.1) is 51.2 Å². The summed E-state index contributed by atoms with van der Waals surface area (Å²) >= 11 is 0. The molecule has 0 N–H and O–H groups in total. The Morgan fingerprint density at radius 3 is 1.44 bits per heavy atom. The number of aromatic nitrogens is 12. The number of rotatable bonds is 8. The van der Waals surface area contributed by atoms with Crippen molar-refractivity contribution in [2.45, 2.75) is 68.9 Å². The average molecular weight is 1420 g/mol. The Morgan fingerprint density at radius 2 is 0.901 bits per heavy atom. The van der Waals surface area contributed by atoms with Crippen LogP contribution in [-0.2, 0) is 46.8 Å². The predicted octanol–water partition coefficient (Wildman–Crippen LogP) is 13.6. The van der Waals surface area contributed by atoms with Gasteiger partial charge < -0.3 is 9.13 Å². The summed E-state index contributed by atoms with van der Waals surface area (Å²) in [5.41, 5.74) is 20.2. The van der Waals surface area contributed by atoms with Crippen LogP contribution in [0.1, 0.15) is 56.4 Å². The summed E-state index contributed by atoms with van der Waals surface area (Å²) in [6, 6.07) is 67.8. The fraction of sp³-hybridized carbons (Fsp3) is 0.149. The molecule has 0 saturated carbocycles. The van der Waals surface area contributed by atoms with E-state index < -0.39 is 0 Å². The molecule has 0 spiro atoms. The molecule has 7 heterocycles. The van der Waals surface area contributed by atoms with Crippen molar-refractivity contribution in [2.75, 3.05) is 0 Å². The van der Waals surface area contributed by atoms with E-state index in [4.69, 9.17) is 10.1 Å². The zero-order valence-electron chi connectivity index (χ0n) is 46.6. The predicted molar refractivity (Wildman–Crippen MR) is 312 cm³/mol. The molecule has 0 saturated heterocycles. The van der Waals surface area contributed by atoms with Crippen molar-refractivity contribution >= 4 is 0 Å². The molecule has 0 atom stereocenters. The van der Waals surface area contributed by atoms with Crippen LogP contribution in [0.5, 0.6) is 0 Å². The van der Waals surface area contributed by atoms with Crippen LogP contribution in [0.2, 0.25) is 0 Å². The minimum absolute atomic E-state index is 0. The average Bonchev–Trinajstić information content (AvgIpc) is 4.39. The van der Waals surface area contributed by atoms with E-state index in [1.807, 2.05) is 131 Å². The Morgan fingerprint density at radius 1 is 0.420 bits per heavy atom. The molecular weight excluding hydrogens is 1360 g/mol. The zero-order valence-corrected chi connectivity index (χ0v) is 51.4. The number of pyridine rings is 3. The van der Waals surface area contributed by atoms with E-state index in [1.165, 1.54) is 22.3 Å². The monoisotopic (exact) mass is 1420 g/mol. The first-order valence-electron chi connectivity index (χ1n) is 26.4. The van der Waals surface area contributed by atoms with Gasteiger partial charge in [-0.1, -0.05) is 91.0 Å². The maximum atomic E-state index is 5.07. The Bertz CT molecular complexity index is 4090. The quantitative estimate of drug-likeness (QED) is 0.109. The van der Waals surface area contributed by atoms with E-state index in [2.05, 4.69) is 174 Å². The molecule has 6 aromatic heterocycles. The van der Waals surface area contributed by atoms with Gasteiger partial charge in [0, 0.05) is 79.1 Å². The Balaban J connectivity index is 0.000000145. The SMILES string of the molecule is Cc1cc(C)c(-[n+]2c(-c3ccccc3C)nn3c2-c2ccccc2C3)c(C)n1.Cc1ccc(-n2c(-c3[c-]cccc3)nnc2-c2ccccc2)c(C)n1.Cc1ccc(-n2c(-c3[c-]cccc3)nnc2-c2ccccc2C)c(C)n1.[Ir].[Ir]. The van der Waals surface area contributed by atoms with Crippen molar-refractivity contribution in [2.24, 2.45) is 0 Å². The minimum Gasteiger partial charge on any atom is -0.314 e. The topological polar surface area (TPSA) is 122 Å². The van der Waals surface area contributed by atoms with Crippen LogP contribution in [0.15, 0.2) is 182 Å². The van der Waals surface area contributed by atoms with Gasteiger partial charge in [0.15, 0.2) is 11.6 Å². The molecule has 0 bridgehead atoms. The molecule has 81 heavy (non-hydrogen) atoms. The molecule has 13 rings (SSSR count). The first-order chi connectivity index (χ1) is 38.4. The largest absolute Gasteiger partial charge is 0.314 e. The number of hydrogen-bond donors (Lipinski definition) is 0. The molecule has 1 aliphatic rings. The third-order valence-electron chi connectivity index (χ3n) is 14.1. The van der Waals surface area contributed by atoms with Crippen LogP contribution >= 0.6 is 0 Å². The van der Waals surface area contributed by atoms with Crippen molar-refractivity contribution in [3.05, 3.63) is 251 Å². The van der Waals surface area contributed by atoms with Crippen molar-refractivity contribution in [3.63, 3.8) is 0 Å². The molecule has 14 heteroatoms. The maximum absolute atomic E-state index is 5.07. The minimum atomic E-state index is 0. The molecule has 0 aliphatic carbocycles. The Labute approximate surface area is 500 Å². The van der Waals surface area contributed by atoms with Gasteiger partial charge in [-0.25, -0.2) is 0 Å². The van der Waals surface area contributed by atoms with Crippen LogP contribution in [0.25, 0.3) is 85.4 Å². The van der Waals surface area contributed by atoms with Crippen LogP contribution in [0, 0.1) is 74.4 Å². The number of fused-ring (bicyclic) bond motifs is 3. The second kappa shape index (κ2) is 24.9. The zero-order chi connectivity index (χ0) is 54.7. The summed E-state index contributed by atoms with van der Waals surface area (Å²) in [6.45, 7) is 19.4. The van der Waals surface area contributed by atoms with Gasteiger partial charge in [0.2, 0.25) is 0 Å². The van der Waals surface area contributed by atoms with Gasteiger partial charge in [-0.2, -0.15) is 14.8 Å². The van der Waals surface area contributed by atoms with Gasteiger partial charge in [-0.3, -0.25) is 15.0 Å². The van der Waals surface area contributed by atoms with Crippen LogP contribution in [0.3, 0.4) is 0 Å². The summed E-state index contributed by atoms with van der Waals surface area (Å²) < 4.78 is 8.58. The van der Waals surface area contributed by atoms with Gasteiger partial charge in [-0.15, -0.1) is 86.7 Å². The Hall–Kier alpha value is -8.51. The van der Waals surface area contributed by atoms with Crippen molar-refractivity contribution < 1.29 is 44.8 Å². The number of aryl methyl sites for hydroxylation is 9. The number of benzene rings is 6. The summed E-state index contributed by atoms with van der Waals surface area (Å²) in [7, 11) is 0. The molecule has 0 amide bonds. The molecule has 1 aliphatic heterocycles. The fourth-order valence-electron chi connectivity index (χ4n) is 10.4. The first kappa shape index (κ1) is 57.2. The molecule has 12 nitrogen and oxygen atoms in total. The van der Waals surface area contributed by atoms with Gasteiger partial charge in [0.1, 0.15) is 12.2 Å². The van der Waals surface area contributed by atoms with E-state index in [-0.39, 0.29) is 40.2 Å². The molecular formula is C67H59Ir2N12-. The van der Waals surface area contributed by atoms with Crippen LogP contribution in [0.4, 0.5) is 0 Å². The van der Waals surface area contributed by atoms with E-state index in [0.717, 1.165) is 126 Å². The van der Waals surface area contributed by atoms with Crippen molar-refractivity contribution in [3.8, 4) is 85.4 Å².